The maximum Gasteiger partial charge on any atom is 0.192 e. The molecule has 0 amide bonds. The van der Waals surface area contributed by atoms with E-state index in [4.69, 9.17) is 4.43 Å². The van der Waals surface area contributed by atoms with Gasteiger partial charge in [-0.05, 0) is 63.3 Å². The predicted octanol–water partition coefficient (Wildman–Crippen LogP) is 5.42. The van der Waals surface area contributed by atoms with E-state index in [0.29, 0.717) is 6.42 Å². The lowest BCUT2D eigenvalue weighted by molar-refractivity contribution is 0.0732. The molecule has 0 unspecified atom stereocenters. The van der Waals surface area contributed by atoms with Crippen LogP contribution in [-0.4, -0.2) is 25.6 Å². The molecule has 0 aliphatic rings. The van der Waals surface area contributed by atoms with Crippen LogP contribution in [0.3, 0.4) is 0 Å². The maximum absolute atomic E-state index is 10.2. The summed E-state index contributed by atoms with van der Waals surface area (Å²) in [6.07, 6.45) is 2.33. The Hall–Kier alpha value is 0.837. The second-order valence-electron chi connectivity index (χ2n) is 6.81. The van der Waals surface area contributed by atoms with Gasteiger partial charge in [0.15, 0.2) is 8.32 Å². The van der Waals surface area contributed by atoms with E-state index in [-0.39, 0.29) is 23.2 Å². The summed E-state index contributed by atoms with van der Waals surface area (Å²) in [7, 11) is -1.75. The summed E-state index contributed by atoms with van der Waals surface area (Å²) >= 11 is 6.65. The topological polar surface area (TPSA) is 29.5 Å². The molecule has 5 heteroatoms. The minimum Gasteiger partial charge on any atom is -0.414 e. The van der Waals surface area contributed by atoms with E-state index < -0.39 is 8.32 Å². The number of aliphatic hydroxyl groups excluding tert-OH is 1. The fourth-order valence-electron chi connectivity index (χ4n) is 1.59. The molecule has 2 nitrogen and oxygen atoms in total. The van der Waals surface area contributed by atoms with Gasteiger partial charge in [-0.2, -0.15) is 0 Å². The van der Waals surface area contributed by atoms with E-state index in [2.05, 4.69) is 72.6 Å². The van der Waals surface area contributed by atoms with Gasteiger partial charge < -0.3 is 9.53 Å². The van der Waals surface area contributed by atoms with Crippen molar-refractivity contribution in [1.29, 1.82) is 0 Å². The van der Waals surface area contributed by atoms with Crippen LogP contribution >= 0.6 is 31.9 Å². The molecule has 0 spiro atoms. The molecule has 1 N–H and O–H groups in total. The third-order valence-corrected chi connectivity index (χ3v) is 9.00. The van der Waals surface area contributed by atoms with E-state index in [1.54, 1.807) is 0 Å². The predicted molar refractivity (Wildman–Crippen MR) is 93.5 cm³/mol. The van der Waals surface area contributed by atoms with Crippen molar-refractivity contribution in [2.45, 2.75) is 71.4 Å². The summed E-state index contributed by atoms with van der Waals surface area (Å²) in [6, 6.07) is 0. The van der Waals surface area contributed by atoms with E-state index in [1.807, 2.05) is 13.0 Å². The van der Waals surface area contributed by atoms with Crippen molar-refractivity contribution in [3.05, 3.63) is 9.47 Å². The smallest absolute Gasteiger partial charge is 0.192 e. The highest BCUT2D eigenvalue weighted by Gasteiger charge is 2.38. The molecule has 0 aromatic carbocycles. The van der Waals surface area contributed by atoms with Gasteiger partial charge in [-0.1, -0.05) is 33.8 Å². The van der Waals surface area contributed by atoms with E-state index in [0.717, 1.165) is 3.39 Å². The van der Waals surface area contributed by atoms with Crippen LogP contribution in [0.1, 0.15) is 41.0 Å². The molecular weight excluding hydrogens is 388 g/mol. The summed E-state index contributed by atoms with van der Waals surface area (Å²) in [6.45, 7) is 15.2. The molecular formula is C14H28Br2O2Si. The number of rotatable bonds is 6. The Morgan fingerprint density at radius 2 is 1.74 bits per heavy atom. The highest BCUT2D eigenvalue weighted by Crippen LogP contribution is 2.37. The third-order valence-electron chi connectivity index (χ3n) is 3.87. The summed E-state index contributed by atoms with van der Waals surface area (Å²) in [5.41, 5.74) is 0. The molecule has 0 rings (SSSR count). The molecule has 0 aromatic rings. The van der Waals surface area contributed by atoms with Gasteiger partial charge in [0.25, 0.3) is 0 Å². The van der Waals surface area contributed by atoms with E-state index in [1.165, 1.54) is 0 Å². The average molecular weight is 416 g/mol. The molecule has 0 fully saturated rings. The second kappa shape index (κ2) is 7.73. The van der Waals surface area contributed by atoms with Crippen molar-refractivity contribution >= 4 is 40.2 Å². The molecule has 19 heavy (non-hydrogen) atoms. The zero-order chi connectivity index (χ0) is 15.4. The maximum atomic E-state index is 10.2. The molecule has 3 atom stereocenters. The Balaban J connectivity index is 4.47. The first-order chi connectivity index (χ1) is 8.36. The van der Waals surface area contributed by atoms with Crippen LogP contribution in [0.25, 0.3) is 0 Å². The Morgan fingerprint density at radius 1 is 1.26 bits per heavy atom. The van der Waals surface area contributed by atoms with Crippen LogP contribution in [0.2, 0.25) is 18.1 Å². The first-order valence-corrected chi connectivity index (χ1v) is 11.2. The Labute approximate surface area is 136 Å². The van der Waals surface area contributed by atoms with Crippen molar-refractivity contribution in [2.24, 2.45) is 5.92 Å². The van der Waals surface area contributed by atoms with Crippen LogP contribution in [-0.2, 0) is 4.43 Å². The van der Waals surface area contributed by atoms with Gasteiger partial charge in [-0.15, -0.1) is 0 Å². The van der Waals surface area contributed by atoms with Crippen molar-refractivity contribution in [3.63, 3.8) is 0 Å². The highest BCUT2D eigenvalue weighted by molar-refractivity contribution is 9.28. The van der Waals surface area contributed by atoms with Crippen molar-refractivity contribution in [3.8, 4) is 0 Å². The quantitative estimate of drug-likeness (QED) is 0.587. The van der Waals surface area contributed by atoms with Crippen LogP contribution in [0, 0.1) is 5.92 Å². The average Bonchev–Trinajstić information content (AvgIpc) is 2.12. The van der Waals surface area contributed by atoms with Gasteiger partial charge in [0, 0.05) is 12.0 Å². The second-order valence-corrected chi connectivity index (χ2v) is 14.3. The number of aliphatic hydroxyl groups is 1. The number of hydrogen-bond donors (Lipinski definition) is 1. The van der Waals surface area contributed by atoms with Crippen LogP contribution in [0.4, 0.5) is 0 Å². The Kier molecular flexibility index (Phi) is 8.07. The van der Waals surface area contributed by atoms with Crippen LogP contribution < -0.4 is 0 Å². The van der Waals surface area contributed by atoms with E-state index >= 15 is 0 Å². The van der Waals surface area contributed by atoms with Gasteiger partial charge in [0.2, 0.25) is 0 Å². The molecule has 0 bridgehead atoms. The molecule has 0 aromatic heterocycles. The third kappa shape index (κ3) is 7.41. The lowest BCUT2D eigenvalue weighted by Crippen LogP contribution is -2.44. The molecule has 0 heterocycles. The van der Waals surface area contributed by atoms with Gasteiger partial charge in [-0.3, -0.25) is 0 Å². The fourth-order valence-corrected chi connectivity index (χ4v) is 3.88. The minimum atomic E-state index is -1.75. The number of halogens is 2. The lowest BCUT2D eigenvalue weighted by Gasteiger charge is -2.39. The van der Waals surface area contributed by atoms with E-state index in [9.17, 15) is 5.11 Å². The molecule has 0 aliphatic carbocycles. The molecule has 0 radical (unpaired) electrons. The first-order valence-electron chi connectivity index (χ1n) is 6.75. The summed E-state index contributed by atoms with van der Waals surface area (Å²) in [5.74, 6) is 0.0965. The van der Waals surface area contributed by atoms with Crippen molar-refractivity contribution in [2.75, 3.05) is 0 Å². The van der Waals surface area contributed by atoms with Gasteiger partial charge in [0.1, 0.15) is 0 Å². The van der Waals surface area contributed by atoms with Gasteiger partial charge in [-0.25, -0.2) is 0 Å². The molecule has 0 saturated carbocycles. The monoisotopic (exact) mass is 414 g/mol. The Bertz CT molecular complexity index is 307. The lowest BCUT2D eigenvalue weighted by atomic mass is 10.0. The highest BCUT2D eigenvalue weighted by atomic mass is 79.9. The van der Waals surface area contributed by atoms with Crippen molar-refractivity contribution < 1.29 is 9.53 Å². The van der Waals surface area contributed by atoms with Crippen molar-refractivity contribution in [1.82, 2.24) is 0 Å². The SMILES string of the molecule is C[C@H](C[C@@H](O)[C@H](C)C=C(Br)Br)O[Si](C)(C)C(C)(C)C. The zero-order valence-corrected chi connectivity index (χ0v) is 17.3. The first kappa shape index (κ1) is 19.8. The van der Waals surface area contributed by atoms with Crippen LogP contribution in [0.5, 0.6) is 0 Å². The summed E-state index contributed by atoms with van der Waals surface area (Å²) < 4.78 is 7.14. The molecule has 0 saturated heterocycles. The normalized spacial score (nSPS) is 17.8. The fraction of sp³-hybridized carbons (Fsp3) is 0.857. The minimum absolute atomic E-state index is 0.0841. The standard InChI is InChI=1S/C14H28Br2O2Si/c1-10(8-13(15)16)12(17)9-11(2)18-19(6,7)14(3,4)5/h8,10-12,17H,9H2,1-7H3/t10-,11-,12-/m1/s1. The summed E-state index contributed by atoms with van der Waals surface area (Å²) in [4.78, 5) is 0. The van der Waals surface area contributed by atoms with Gasteiger partial charge in [0.05, 0.1) is 9.50 Å². The number of hydrogen-bond acceptors (Lipinski definition) is 2. The summed E-state index contributed by atoms with van der Waals surface area (Å²) in [5, 5.41) is 10.4. The molecule has 0 aliphatic heterocycles. The van der Waals surface area contributed by atoms with Gasteiger partial charge >= 0.3 is 0 Å². The van der Waals surface area contributed by atoms with Crippen LogP contribution in [0.15, 0.2) is 9.47 Å². The largest absolute Gasteiger partial charge is 0.414 e. The zero-order valence-electron chi connectivity index (χ0n) is 13.1. The Morgan fingerprint density at radius 3 is 2.11 bits per heavy atom. The molecule has 114 valence electrons.